The lowest BCUT2D eigenvalue weighted by Crippen LogP contribution is -2.26. The Morgan fingerprint density at radius 2 is 1.77 bits per heavy atom. The van der Waals surface area contributed by atoms with Crippen LogP contribution >= 0.6 is 0 Å². The summed E-state index contributed by atoms with van der Waals surface area (Å²) in [5.41, 5.74) is 7.08. The van der Waals surface area contributed by atoms with Crippen LogP contribution in [-0.4, -0.2) is 75.9 Å². The Kier molecular flexibility index (Phi) is 8.74. The van der Waals surface area contributed by atoms with E-state index in [1.165, 1.54) is 31.5 Å². The van der Waals surface area contributed by atoms with Gasteiger partial charge in [-0.25, -0.2) is 4.98 Å². The van der Waals surface area contributed by atoms with Crippen LogP contribution in [0.25, 0.3) is 22.3 Å². The number of nitrogens with zero attached hydrogens (tertiary/aromatic N) is 7. The Bertz CT molecular complexity index is 1370. The maximum atomic E-state index is 5.77. The molecular weight excluding hydrogens is 486 g/mol. The number of fused-ring (bicyclic) bond motifs is 1. The maximum absolute atomic E-state index is 5.77. The maximum Gasteiger partial charge on any atom is 0.121 e. The minimum absolute atomic E-state index is 0.830. The van der Waals surface area contributed by atoms with Gasteiger partial charge >= 0.3 is 0 Å². The monoisotopic (exact) mass is 527 g/mol. The van der Waals surface area contributed by atoms with Crippen molar-refractivity contribution in [3.05, 3.63) is 60.6 Å². The summed E-state index contributed by atoms with van der Waals surface area (Å²) in [6, 6.07) is 13.1. The Morgan fingerprint density at radius 3 is 2.49 bits per heavy atom. The van der Waals surface area contributed by atoms with E-state index in [0.29, 0.717) is 0 Å². The molecule has 0 amide bonds. The first-order valence-corrected chi connectivity index (χ1v) is 14.2. The number of anilines is 2. The van der Waals surface area contributed by atoms with Crippen molar-refractivity contribution in [3.63, 3.8) is 0 Å². The van der Waals surface area contributed by atoms with Crippen LogP contribution in [0.2, 0.25) is 0 Å². The first-order valence-electron chi connectivity index (χ1n) is 14.2. The summed E-state index contributed by atoms with van der Waals surface area (Å²) in [5.74, 6) is 0.888. The number of ether oxygens (including phenoxy) is 1. The SMILES string of the molecule is CCN(CC)Cc1cc(OC)cc(N(CCCN2CCCC2)c2ccc3ncc(-c4cnn(C)c4)nc3c2)c1. The van der Waals surface area contributed by atoms with Gasteiger partial charge in [-0.1, -0.05) is 13.8 Å². The number of hydrogen-bond donors (Lipinski definition) is 0. The molecule has 8 nitrogen and oxygen atoms in total. The zero-order valence-corrected chi connectivity index (χ0v) is 23.8. The van der Waals surface area contributed by atoms with Gasteiger partial charge in [0.25, 0.3) is 0 Å². The van der Waals surface area contributed by atoms with E-state index in [1.807, 2.05) is 25.6 Å². The molecule has 206 valence electrons. The van der Waals surface area contributed by atoms with E-state index in [0.717, 1.165) is 78.6 Å². The van der Waals surface area contributed by atoms with Crippen LogP contribution < -0.4 is 9.64 Å². The summed E-state index contributed by atoms with van der Waals surface area (Å²) in [5, 5.41) is 4.30. The second-order valence-electron chi connectivity index (χ2n) is 10.4. The third-order valence-electron chi connectivity index (χ3n) is 7.69. The molecule has 2 aromatic carbocycles. The summed E-state index contributed by atoms with van der Waals surface area (Å²) in [6.45, 7) is 11.8. The molecule has 0 radical (unpaired) electrons. The molecular formula is C31H41N7O. The Hall–Kier alpha value is -3.49. The van der Waals surface area contributed by atoms with Gasteiger partial charge < -0.3 is 14.5 Å². The smallest absolute Gasteiger partial charge is 0.121 e. The summed E-state index contributed by atoms with van der Waals surface area (Å²) in [4.78, 5) is 17.1. The van der Waals surface area contributed by atoms with Gasteiger partial charge in [-0.15, -0.1) is 0 Å². The molecule has 0 unspecified atom stereocenters. The molecule has 3 heterocycles. The van der Waals surface area contributed by atoms with E-state index in [9.17, 15) is 0 Å². The predicted octanol–water partition coefficient (Wildman–Crippen LogP) is 5.50. The van der Waals surface area contributed by atoms with Crippen LogP contribution in [0, 0.1) is 0 Å². The highest BCUT2D eigenvalue weighted by molar-refractivity contribution is 5.82. The van der Waals surface area contributed by atoms with Gasteiger partial charge in [0.05, 0.1) is 36.2 Å². The lowest BCUT2D eigenvalue weighted by atomic mass is 10.1. The van der Waals surface area contributed by atoms with Gasteiger partial charge in [-0.05, 0) is 87.9 Å². The second-order valence-corrected chi connectivity index (χ2v) is 10.4. The number of rotatable bonds is 12. The summed E-state index contributed by atoms with van der Waals surface area (Å²) in [7, 11) is 3.67. The van der Waals surface area contributed by atoms with Crippen LogP contribution in [0.1, 0.15) is 38.7 Å². The number of aromatic nitrogens is 4. The van der Waals surface area contributed by atoms with Gasteiger partial charge in [-0.3, -0.25) is 14.6 Å². The molecule has 0 aliphatic carbocycles. The molecule has 1 aliphatic heterocycles. The fourth-order valence-electron chi connectivity index (χ4n) is 5.44. The fraction of sp³-hybridized carbons (Fsp3) is 0.452. The lowest BCUT2D eigenvalue weighted by molar-refractivity contribution is 0.295. The number of likely N-dealkylation sites (tertiary alicyclic amines) is 1. The van der Waals surface area contributed by atoms with Crippen molar-refractivity contribution in [1.82, 2.24) is 29.5 Å². The molecule has 1 saturated heterocycles. The minimum Gasteiger partial charge on any atom is -0.497 e. The highest BCUT2D eigenvalue weighted by Gasteiger charge is 2.17. The van der Waals surface area contributed by atoms with E-state index in [1.54, 1.807) is 11.8 Å². The van der Waals surface area contributed by atoms with Gasteiger partial charge in [0.1, 0.15) is 5.75 Å². The fourth-order valence-corrected chi connectivity index (χ4v) is 5.44. The molecule has 0 N–H and O–H groups in total. The number of benzene rings is 2. The number of methoxy groups -OCH3 is 1. The Morgan fingerprint density at radius 1 is 0.949 bits per heavy atom. The van der Waals surface area contributed by atoms with Crippen molar-refractivity contribution in [1.29, 1.82) is 0 Å². The minimum atomic E-state index is 0.830. The molecule has 8 heteroatoms. The van der Waals surface area contributed by atoms with Crippen molar-refractivity contribution in [3.8, 4) is 17.0 Å². The lowest BCUT2D eigenvalue weighted by Gasteiger charge is -2.28. The van der Waals surface area contributed by atoms with E-state index in [4.69, 9.17) is 14.7 Å². The zero-order valence-electron chi connectivity index (χ0n) is 23.8. The van der Waals surface area contributed by atoms with E-state index < -0.39 is 0 Å². The second kappa shape index (κ2) is 12.6. The molecule has 1 fully saturated rings. The van der Waals surface area contributed by atoms with Crippen LogP contribution in [0.4, 0.5) is 11.4 Å². The van der Waals surface area contributed by atoms with Crippen LogP contribution in [0.5, 0.6) is 5.75 Å². The quantitative estimate of drug-likeness (QED) is 0.241. The molecule has 5 rings (SSSR count). The van der Waals surface area contributed by atoms with Crippen LogP contribution in [0.3, 0.4) is 0 Å². The molecule has 0 saturated carbocycles. The standard InChI is InChI=1S/C31H41N7O/c1-5-36(6-2)22-24-16-27(18-28(17-24)39-4)38(15-9-14-37-12-7-8-13-37)26-10-11-29-30(19-26)34-31(21-32-29)25-20-33-35(3)23-25/h10-11,16-21,23H,5-9,12-15,22H2,1-4H3. The average Bonchev–Trinajstić information content (AvgIpc) is 3.65. The van der Waals surface area contributed by atoms with Gasteiger partial charge in [0.2, 0.25) is 0 Å². The number of hydrogen-bond acceptors (Lipinski definition) is 7. The third kappa shape index (κ3) is 6.57. The molecule has 39 heavy (non-hydrogen) atoms. The average molecular weight is 528 g/mol. The highest BCUT2D eigenvalue weighted by atomic mass is 16.5. The normalized spacial score (nSPS) is 14.0. The summed E-state index contributed by atoms with van der Waals surface area (Å²) < 4.78 is 7.56. The van der Waals surface area contributed by atoms with Crippen molar-refractivity contribution in [2.24, 2.45) is 7.05 Å². The Labute approximate surface area is 232 Å². The first-order chi connectivity index (χ1) is 19.1. The predicted molar refractivity (Wildman–Crippen MR) is 159 cm³/mol. The van der Waals surface area contributed by atoms with Crippen LogP contribution in [0.15, 0.2) is 55.0 Å². The molecule has 0 bridgehead atoms. The number of aryl methyl sites for hydroxylation is 1. The van der Waals surface area contributed by atoms with Crippen LogP contribution in [-0.2, 0) is 13.6 Å². The van der Waals surface area contributed by atoms with Gasteiger partial charge in [0.15, 0.2) is 0 Å². The van der Waals surface area contributed by atoms with Crippen molar-refractivity contribution < 1.29 is 4.74 Å². The highest BCUT2D eigenvalue weighted by Crippen LogP contribution is 2.33. The topological polar surface area (TPSA) is 62.6 Å². The van der Waals surface area contributed by atoms with Crippen molar-refractivity contribution in [2.45, 2.75) is 39.7 Å². The molecule has 0 spiro atoms. The molecule has 4 aromatic rings. The first kappa shape index (κ1) is 27.1. The van der Waals surface area contributed by atoms with E-state index in [-0.39, 0.29) is 0 Å². The van der Waals surface area contributed by atoms with E-state index >= 15 is 0 Å². The van der Waals surface area contributed by atoms with Gasteiger partial charge in [-0.2, -0.15) is 5.10 Å². The molecule has 0 atom stereocenters. The Balaban J connectivity index is 1.50. The largest absolute Gasteiger partial charge is 0.497 e. The zero-order chi connectivity index (χ0) is 27.2. The van der Waals surface area contributed by atoms with Gasteiger partial charge in [0, 0.05) is 49.3 Å². The van der Waals surface area contributed by atoms with Crippen molar-refractivity contribution in [2.75, 3.05) is 51.3 Å². The molecule has 2 aromatic heterocycles. The molecule has 1 aliphatic rings. The summed E-state index contributed by atoms with van der Waals surface area (Å²) >= 11 is 0. The van der Waals surface area contributed by atoms with E-state index in [2.05, 4.69) is 70.0 Å². The van der Waals surface area contributed by atoms with Crippen molar-refractivity contribution >= 4 is 22.4 Å². The summed E-state index contributed by atoms with van der Waals surface area (Å²) in [6.07, 6.45) is 9.35. The third-order valence-corrected chi connectivity index (χ3v) is 7.69.